The van der Waals surface area contributed by atoms with Crippen molar-refractivity contribution in [1.82, 2.24) is 4.90 Å². The smallest absolute Gasteiger partial charge is 0.123 e. The first-order valence-electron chi connectivity index (χ1n) is 7.27. The van der Waals surface area contributed by atoms with Crippen molar-refractivity contribution in [1.29, 1.82) is 0 Å². The molecule has 1 heterocycles. The van der Waals surface area contributed by atoms with Gasteiger partial charge in [-0.3, -0.25) is 4.90 Å². The van der Waals surface area contributed by atoms with E-state index < -0.39 is 0 Å². The Hall–Kier alpha value is -1.06. The van der Waals surface area contributed by atoms with E-state index >= 15 is 0 Å². The van der Waals surface area contributed by atoms with Crippen molar-refractivity contribution in [2.45, 2.75) is 38.8 Å². The number of nitrogens with zero attached hydrogens (tertiary/aromatic N) is 1. The molecule has 19 heavy (non-hydrogen) atoms. The van der Waals surface area contributed by atoms with Crippen LogP contribution in [-0.2, 0) is 0 Å². The molecule has 2 rings (SSSR count). The van der Waals surface area contributed by atoms with Gasteiger partial charge in [0.1, 0.15) is 5.75 Å². The molecule has 0 spiro atoms. The Morgan fingerprint density at radius 3 is 2.79 bits per heavy atom. The molecule has 1 aromatic carbocycles. The molecule has 0 saturated carbocycles. The lowest BCUT2D eigenvalue weighted by molar-refractivity contribution is 0.0698. The fourth-order valence-electron chi connectivity index (χ4n) is 3.19. The number of rotatable bonds is 4. The molecule has 3 nitrogen and oxygen atoms in total. The molecule has 3 unspecified atom stereocenters. The Morgan fingerprint density at radius 2 is 2.11 bits per heavy atom. The third-order valence-corrected chi connectivity index (χ3v) is 4.54. The highest BCUT2D eigenvalue weighted by Crippen LogP contribution is 2.34. The summed E-state index contributed by atoms with van der Waals surface area (Å²) in [6.45, 7) is 6.43. The number of methoxy groups -OCH3 is 1. The molecule has 0 bridgehead atoms. The topological polar surface area (TPSA) is 38.5 Å². The SMILES string of the molecule is COc1ccccc1C(CN)N1CCCC(C)C1C. The third-order valence-electron chi connectivity index (χ3n) is 4.54. The van der Waals surface area contributed by atoms with Gasteiger partial charge in [0.05, 0.1) is 13.2 Å². The highest BCUT2D eigenvalue weighted by molar-refractivity contribution is 5.36. The van der Waals surface area contributed by atoms with E-state index in [1.54, 1.807) is 7.11 Å². The predicted octanol–water partition coefficient (Wildman–Crippen LogP) is 2.82. The maximum absolute atomic E-state index is 6.07. The fraction of sp³-hybridized carbons (Fsp3) is 0.625. The van der Waals surface area contributed by atoms with Gasteiger partial charge in [-0.1, -0.05) is 25.1 Å². The zero-order valence-electron chi connectivity index (χ0n) is 12.3. The Bertz CT molecular complexity index is 407. The minimum atomic E-state index is 0.258. The molecule has 0 amide bonds. The summed E-state index contributed by atoms with van der Waals surface area (Å²) in [7, 11) is 1.73. The number of nitrogens with two attached hydrogens (primary N) is 1. The van der Waals surface area contributed by atoms with Crippen LogP contribution >= 0.6 is 0 Å². The van der Waals surface area contributed by atoms with Crippen molar-refractivity contribution in [3.8, 4) is 5.75 Å². The monoisotopic (exact) mass is 262 g/mol. The number of benzene rings is 1. The number of hydrogen-bond acceptors (Lipinski definition) is 3. The lowest BCUT2D eigenvalue weighted by Gasteiger charge is -2.43. The molecule has 0 radical (unpaired) electrons. The average Bonchev–Trinajstić information content (AvgIpc) is 2.45. The fourth-order valence-corrected chi connectivity index (χ4v) is 3.19. The molecular formula is C16H26N2O. The van der Waals surface area contributed by atoms with Crippen LogP contribution in [0.1, 0.15) is 38.3 Å². The van der Waals surface area contributed by atoms with E-state index in [2.05, 4.69) is 30.9 Å². The molecule has 3 heteroatoms. The van der Waals surface area contributed by atoms with Gasteiger partial charge in [0.15, 0.2) is 0 Å². The van der Waals surface area contributed by atoms with Crippen LogP contribution in [0.2, 0.25) is 0 Å². The number of para-hydroxylation sites is 1. The quantitative estimate of drug-likeness (QED) is 0.907. The van der Waals surface area contributed by atoms with Crippen LogP contribution in [0.4, 0.5) is 0 Å². The van der Waals surface area contributed by atoms with Crippen LogP contribution < -0.4 is 10.5 Å². The Balaban J connectivity index is 2.28. The van der Waals surface area contributed by atoms with Gasteiger partial charge >= 0.3 is 0 Å². The maximum atomic E-state index is 6.07. The highest BCUT2D eigenvalue weighted by atomic mass is 16.5. The van der Waals surface area contributed by atoms with Crippen molar-refractivity contribution in [3.63, 3.8) is 0 Å². The molecule has 1 fully saturated rings. The molecule has 1 aromatic rings. The van der Waals surface area contributed by atoms with E-state index in [1.807, 2.05) is 12.1 Å². The Kier molecular flexibility index (Phi) is 4.83. The van der Waals surface area contributed by atoms with E-state index in [4.69, 9.17) is 10.5 Å². The Morgan fingerprint density at radius 1 is 1.37 bits per heavy atom. The first kappa shape index (κ1) is 14.4. The van der Waals surface area contributed by atoms with Gasteiger partial charge < -0.3 is 10.5 Å². The summed E-state index contributed by atoms with van der Waals surface area (Å²) >= 11 is 0. The summed E-state index contributed by atoms with van der Waals surface area (Å²) in [5.74, 6) is 1.68. The normalized spacial score (nSPS) is 26.1. The van der Waals surface area contributed by atoms with Crippen molar-refractivity contribution >= 4 is 0 Å². The highest BCUT2D eigenvalue weighted by Gasteiger charge is 2.31. The van der Waals surface area contributed by atoms with E-state index in [9.17, 15) is 0 Å². The first-order valence-corrected chi connectivity index (χ1v) is 7.27. The minimum Gasteiger partial charge on any atom is -0.496 e. The molecule has 1 aliphatic heterocycles. The number of hydrogen-bond donors (Lipinski definition) is 1. The lowest BCUT2D eigenvalue weighted by atomic mass is 9.89. The first-order chi connectivity index (χ1) is 9.19. The van der Waals surface area contributed by atoms with E-state index in [-0.39, 0.29) is 6.04 Å². The summed E-state index contributed by atoms with van der Waals surface area (Å²) in [6, 6.07) is 9.08. The summed E-state index contributed by atoms with van der Waals surface area (Å²) < 4.78 is 5.50. The molecule has 0 aromatic heterocycles. The summed E-state index contributed by atoms with van der Waals surface area (Å²) in [5.41, 5.74) is 7.29. The van der Waals surface area contributed by atoms with Crippen LogP contribution in [-0.4, -0.2) is 31.1 Å². The van der Waals surface area contributed by atoms with Gasteiger partial charge in [-0.2, -0.15) is 0 Å². The van der Waals surface area contributed by atoms with Gasteiger partial charge in [-0.05, 0) is 38.3 Å². The van der Waals surface area contributed by atoms with Crippen molar-refractivity contribution in [2.75, 3.05) is 20.2 Å². The van der Waals surface area contributed by atoms with Gasteiger partial charge in [-0.25, -0.2) is 0 Å². The summed E-state index contributed by atoms with van der Waals surface area (Å²) in [6.07, 6.45) is 2.58. The van der Waals surface area contributed by atoms with Crippen LogP contribution in [0.3, 0.4) is 0 Å². The molecule has 106 valence electrons. The van der Waals surface area contributed by atoms with Gasteiger partial charge in [-0.15, -0.1) is 0 Å². The number of ether oxygens (including phenoxy) is 1. The van der Waals surface area contributed by atoms with Gasteiger partial charge in [0, 0.05) is 18.2 Å². The zero-order valence-corrected chi connectivity index (χ0v) is 12.3. The number of likely N-dealkylation sites (tertiary alicyclic amines) is 1. The molecular weight excluding hydrogens is 236 g/mol. The van der Waals surface area contributed by atoms with E-state index in [0.717, 1.165) is 18.2 Å². The summed E-state index contributed by atoms with van der Waals surface area (Å²) in [4.78, 5) is 2.55. The van der Waals surface area contributed by atoms with Crippen molar-refractivity contribution in [2.24, 2.45) is 11.7 Å². The van der Waals surface area contributed by atoms with Gasteiger partial charge in [0.25, 0.3) is 0 Å². The number of piperidine rings is 1. The van der Waals surface area contributed by atoms with E-state index in [0.29, 0.717) is 12.6 Å². The molecule has 2 N–H and O–H groups in total. The average molecular weight is 262 g/mol. The maximum Gasteiger partial charge on any atom is 0.123 e. The van der Waals surface area contributed by atoms with Crippen molar-refractivity contribution in [3.05, 3.63) is 29.8 Å². The van der Waals surface area contributed by atoms with Crippen molar-refractivity contribution < 1.29 is 4.74 Å². The molecule has 0 aliphatic carbocycles. The minimum absolute atomic E-state index is 0.258. The Labute approximate surface area is 116 Å². The predicted molar refractivity (Wildman–Crippen MR) is 79.4 cm³/mol. The second-order valence-corrected chi connectivity index (χ2v) is 5.59. The largest absolute Gasteiger partial charge is 0.496 e. The van der Waals surface area contributed by atoms with Crippen LogP contribution in [0, 0.1) is 5.92 Å². The second-order valence-electron chi connectivity index (χ2n) is 5.59. The zero-order chi connectivity index (χ0) is 13.8. The van der Waals surface area contributed by atoms with Crippen LogP contribution in [0.5, 0.6) is 5.75 Å². The lowest BCUT2D eigenvalue weighted by Crippen LogP contribution is -2.46. The third kappa shape index (κ3) is 2.93. The molecule has 1 aliphatic rings. The second kappa shape index (κ2) is 6.40. The van der Waals surface area contributed by atoms with Gasteiger partial charge in [0.2, 0.25) is 0 Å². The van der Waals surface area contributed by atoms with Crippen LogP contribution in [0.15, 0.2) is 24.3 Å². The molecule has 1 saturated heterocycles. The van der Waals surface area contributed by atoms with Crippen LogP contribution in [0.25, 0.3) is 0 Å². The summed E-state index contributed by atoms with van der Waals surface area (Å²) in [5, 5.41) is 0. The standard InChI is InChI=1S/C16H26N2O/c1-12-7-6-10-18(13(12)2)15(11-17)14-8-4-5-9-16(14)19-3/h4-5,8-9,12-13,15H,6-7,10-11,17H2,1-3H3. The van der Waals surface area contributed by atoms with E-state index in [1.165, 1.54) is 18.4 Å². The molecule has 3 atom stereocenters.